The molecule has 0 radical (unpaired) electrons. The highest BCUT2D eigenvalue weighted by molar-refractivity contribution is 5.59. The quantitative estimate of drug-likeness (QED) is 0.675. The molecule has 134 valence electrons. The van der Waals surface area contributed by atoms with E-state index in [4.69, 9.17) is 9.72 Å². The highest BCUT2D eigenvalue weighted by atomic mass is 19.1. The molecule has 0 spiro atoms. The molecule has 0 unspecified atom stereocenters. The summed E-state index contributed by atoms with van der Waals surface area (Å²) in [7, 11) is 1.97. The number of pyridine rings is 1. The maximum atomic E-state index is 12.9. The summed E-state index contributed by atoms with van der Waals surface area (Å²) in [5, 5.41) is 0. The number of hydrogen-bond acceptors (Lipinski definition) is 5. The van der Waals surface area contributed by atoms with Crippen molar-refractivity contribution in [3.05, 3.63) is 65.9 Å². The van der Waals surface area contributed by atoms with Crippen molar-refractivity contribution in [2.45, 2.75) is 13.8 Å². The lowest BCUT2D eigenvalue weighted by atomic mass is 10.2. The van der Waals surface area contributed by atoms with Gasteiger partial charge in [-0.3, -0.25) is 4.98 Å². The Morgan fingerprint density at radius 1 is 1.08 bits per heavy atom. The van der Waals surface area contributed by atoms with E-state index in [0.29, 0.717) is 24.7 Å². The first-order valence-corrected chi connectivity index (χ1v) is 8.40. The van der Waals surface area contributed by atoms with Gasteiger partial charge in [0.1, 0.15) is 24.0 Å². The Kier molecular flexibility index (Phi) is 5.41. The van der Waals surface area contributed by atoms with E-state index < -0.39 is 0 Å². The normalized spacial score (nSPS) is 10.6. The van der Waals surface area contributed by atoms with E-state index >= 15 is 0 Å². The third kappa shape index (κ3) is 4.14. The first-order valence-electron chi connectivity index (χ1n) is 8.40. The molecule has 0 amide bonds. The molecule has 0 saturated carbocycles. The number of ether oxygens (including phenoxy) is 1. The summed E-state index contributed by atoms with van der Waals surface area (Å²) in [4.78, 5) is 15.5. The lowest BCUT2D eigenvalue weighted by molar-refractivity contribution is 0.325. The van der Waals surface area contributed by atoms with Crippen molar-refractivity contribution in [3.63, 3.8) is 0 Å². The highest BCUT2D eigenvalue weighted by Crippen LogP contribution is 2.23. The second-order valence-electron chi connectivity index (χ2n) is 6.05. The minimum absolute atomic E-state index is 0.274. The number of aromatic nitrogens is 3. The lowest BCUT2D eigenvalue weighted by Crippen LogP contribution is -2.26. The van der Waals surface area contributed by atoms with Crippen LogP contribution < -0.4 is 9.64 Å². The predicted octanol–water partition coefficient (Wildman–Crippen LogP) is 3.81. The summed E-state index contributed by atoms with van der Waals surface area (Å²) in [6.07, 6.45) is 3.48. The van der Waals surface area contributed by atoms with Gasteiger partial charge in [0.2, 0.25) is 0 Å². The van der Waals surface area contributed by atoms with Gasteiger partial charge in [-0.25, -0.2) is 14.4 Å². The number of anilines is 1. The van der Waals surface area contributed by atoms with Crippen molar-refractivity contribution in [2.24, 2.45) is 0 Å². The fraction of sp³-hybridized carbons (Fsp3) is 0.250. The molecule has 26 heavy (non-hydrogen) atoms. The zero-order chi connectivity index (χ0) is 18.5. The number of likely N-dealkylation sites (N-methyl/N-ethyl adjacent to an activating group) is 1. The lowest BCUT2D eigenvalue weighted by Gasteiger charge is -2.22. The molecule has 3 aromatic rings. The maximum Gasteiger partial charge on any atom is 0.163 e. The standard InChI is InChI=1S/C20H21FN4O/c1-14-15(2)23-19(16-5-4-10-22-13-16)24-20(14)25(3)11-12-26-18-8-6-17(21)7-9-18/h4-10,13H,11-12H2,1-3H3. The molecule has 0 fully saturated rings. The van der Waals surface area contributed by atoms with Crippen LogP contribution in [0.4, 0.5) is 10.2 Å². The van der Waals surface area contributed by atoms with Crippen LogP contribution >= 0.6 is 0 Å². The Morgan fingerprint density at radius 3 is 2.54 bits per heavy atom. The minimum Gasteiger partial charge on any atom is -0.492 e. The topological polar surface area (TPSA) is 51.1 Å². The van der Waals surface area contributed by atoms with Gasteiger partial charge in [-0.15, -0.1) is 0 Å². The molecule has 3 rings (SSSR count). The van der Waals surface area contributed by atoms with Gasteiger partial charge in [-0.2, -0.15) is 0 Å². The molecule has 6 heteroatoms. The van der Waals surface area contributed by atoms with Crippen molar-refractivity contribution in [2.75, 3.05) is 25.1 Å². The average molecular weight is 352 g/mol. The molecule has 0 aliphatic rings. The summed E-state index contributed by atoms with van der Waals surface area (Å²) in [5.41, 5.74) is 2.84. The SMILES string of the molecule is Cc1nc(-c2cccnc2)nc(N(C)CCOc2ccc(F)cc2)c1C. The molecular weight excluding hydrogens is 331 g/mol. The monoisotopic (exact) mass is 352 g/mol. The van der Waals surface area contributed by atoms with E-state index in [1.54, 1.807) is 24.5 Å². The van der Waals surface area contributed by atoms with Crippen molar-refractivity contribution in [1.82, 2.24) is 15.0 Å². The molecule has 2 aromatic heterocycles. The Labute approximate surface area is 152 Å². The van der Waals surface area contributed by atoms with Crippen molar-refractivity contribution in [1.29, 1.82) is 0 Å². The molecule has 0 bridgehead atoms. The Hall–Kier alpha value is -3.02. The zero-order valence-corrected chi connectivity index (χ0v) is 15.1. The van der Waals surface area contributed by atoms with Crippen LogP contribution in [-0.2, 0) is 0 Å². The summed E-state index contributed by atoms with van der Waals surface area (Å²) in [6.45, 7) is 5.09. The molecule has 0 N–H and O–H groups in total. The Balaban J connectivity index is 1.73. The maximum absolute atomic E-state index is 12.9. The number of aryl methyl sites for hydroxylation is 1. The number of nitrogens with zero attached hydrogens (tertiary/aromatic N) is 4. The molecular formula is C20H21FN4O. The predicted molar refractivity (Wildman–Crippen MR) is 99.9 cm³/mol. The van der Waals surface area contributed by atoms with E-state index in [1.807, 2.05) is 37.9 Å². The van der Waals surface area contributed by atoms with Crippen LogP contribution in [0.5, 0.6) is 5.75 Å². The van der Waals surface area contributed by atoms with Crippen LogP contribution in [0.15, 0.2) is 48.8 Å². The summed E-state index contributed by atoms with van der Waals surface area (Å²) < 4.78 is 18.6. The zero-order valence-electron chi connectivity index (χ0n) is 15.1. The molecule has 0 aliphatic heterocycles. The second kappa shape index (κ2) is 7.91. The molecule has 0 aliphatic carbocycles. The fourth-order valence-corrected chi connectivity index (χ4v) is 2.55. The smallest absolute Gasteiger partial charge is 0.163 e. The molecule has 0 atom stereocenters. The first kappa shape index (κ1) is 17.8. The van der Waals surface area contributed by atoms with E-state index in [0.717, 1.165) is 22.6 Å². The van der Waals surface area contributed by atoms with Crippen LogP contribution in [0.1, 0.15) is 11.3 Å². The van der Waals surface area contributed by atoms with Crippen molar-refractivity contribution in [3.8, 4) is 17.1 Å². The number of rotatable bonds is 6. The Morgan fingerprint density at radius 2 is 1.85 bits per heavy atom. The fourth-order valence-electron chi connectivity index (χ4n) is 2.55. The molecule has 1 aromatic carbocycles. The first-order chi connectivity index (χ1) is 12.5. The minimum atomic E-state index is -0.274. The highest BCUT2D eigenvalue weighted by Gasteiger charge is 2.13. The van der Waals surface area contributed by atoms with E-state index in [9.17, 15) is 4.39 Å². The van der Waals surface area contributed by atoms with Crippen molar-refractivity contribution < 1.29 is 9.13 Å². The van der Waals surface area contributed by atoms with Gasteiger partial charge in [0.15, 0.2) is 5.82 Å². The van der Waals surface area contributed by atoms with Crippen LogP contribution in [0.3, 0.4) is 0 Å². The second-order valence-corrected chi connectivity index (χ2v) is 6.05. The van der Waals surface area contributed by atoms with E-state index in [2.05, 4.69) is 9.97 Å². The van der Waals surface area contributed by atoms with Gasteiger partial charge in [0.25, 0.3) is 0 Å². The largest absolute Gasteiger partial charge is 0.492 e. The van der Waals surface area contributed by atoms with Gasteiger partial charge >= 0.3 is 0 Å². The van der Waals surface area contributed by atoms with Crippen LogP contribution in [0, 0.1) is 19.7 Å². The Bertz CT molecular complexity index is 869. The number of hydrogen-bond donors (Lipinski definition) is 0. The van der Waals surface area contributed by atoms with Gasteiger partial charge < -0.3 is 9.64 Å². The molecule has 2 heterocycles. The summed E-state index contributed by atoms with van der Waals surface area (Å²) in [5.74, 6) is 1.89. The summed E-state index contributed by atoms with van der Waals surface area (Å²) >= 11 is 0. The third-order valence-corrected chi connectivity index (χ3v) is 4.15. The summed E-state index contributed by atoms with van der Waals surface area (Å²) in [6, 6.07) is 9.83. The van der Waals surface area contributed by atoms with E-state index in [-0.39, 0.29) is 5.82 Å². The number of benzene rings is 1. The molecule has 0 saturated heterocycles. The molecule has 5 nitrogen and oxygen atoms in total. The average Bonchev–Trinajstić information content (AvgIpc) is 2.66. The van der Waals surface area contributed by atoms with Crippen LogP contribution in [0.25, 0.3) is 11.4 Å². The van der Waals surface area contributed by atoms with Gasteiger partial charge in [0.05, 0.1) is 6.54 Å². The van der Waals surface area contributed by atoms with Crippen molar-refractivity contribution >= 4 is 5.82 Å². The van der Waals surface area contributed by atoms with Crippen LogP contribution in [-0.4, -0.2) is 35.2 Å². The van der Waals surface area contributed by atoms with Gasteiger partial charge in [-0.1, -0.05) is 0 Å². The van der Waals surface area contributed by atoms with E-state index in [1.165, 1.54) is 12.1 Å². The third-order valence-electron chi connectivity index (χ3n) is 4.15. The van der Waals surface area contributed by atoms with Crippen LogP contribution in [0.2, 0.25) is 0 Å². The van der Waals surface area contributed by atoms with Gasteiger partial charge in [-0.05, 0) is 50.2 Å². The number of halogens is 1. The van der Waals surface area contributed by atoms with Gasteiger partial charge in [0, 0.05) is 36.3 Å².